The molecule has 1 aromatic carbocycles. The molecule has 3 heteroatoms. The molecule has 0 radical (unpaired) electrons. The van der Waals surface area contributed by atoms with E-state index in [-0.39, 0.29) is 12.1 Å². The van der Waals surface area contributed by atoms with E-state index in [1.54, 1.807) is 7.11 Å². The van der Waals surface area contributed by atoms with Gasteiger partial charge in [-0.05, 0) is 25.0 Å². The highest BCUT2D eigenvalue weighted by molar-refractivity contribution is 5.33. The molecule has 0 aromatic heterocycles. The van der Waals surface area contributed by atoms with Crippen LogP contribution in [0.4, 0.5) is 0 Å². The van der Waals surface area contributed by atoms with Gasteiger partial charge in [-0.15, -0.1) is 0 Å². The van der Waals surface area contributed by atoms with Crippen molar-refractivity contribution in [2.75, 3.05) is 7.11 Å². The summed E-state index contributed by atoms with van der Waals surface area (Å²) < 4.78 is 5.13. The Morgan fingerprint density at radius 3 is 2.62 bits per heavy atom. The van der Waals surface area contributed by atoms with E-state index in [1.807, 2.05) is 38.1 Å². The maximum Gasteiger partial charge on any atom is 0.121 e. The number of nitrogens with one attached hydrogen (secondary N) is 1. The van der Waals surface area contributed by atoms with E-state index in [0.717, 1.165) is 11.1 Å². The molecule has 0 aliphatic rings. The van der Waals surface area contributed by atoms with Crippen molar-refractivity contribution in [1.82, 2.24) is 5.32 Å². The van der Waals surface area contributed by atoms with Crippen LogP contribution in [0.15, 0.2) is 24.3 Å². The first kappa shape index (κ1) is 12.7. The van der Waals surface area contributed by atoms with Gasteiger partial charge in [0.2, 0.25) is 0 Å². The van der Waals surface area contributed by atoms with Crippen LogP contribution in [0.25, 0.3) is 0 Å². The Morgan fingerprint density at radius 1 is 1.38 bits per heavy atom. The van der Waals surface area contributed by atoms with Crippen molar-refractivity contribution in [2.24, 2.45) is 0 Å². The van der Waals surface area contributed by atoms with Crippen molar-refractivity contribution in [1.29, 1.82) is 5.26 Å². The lowest BCUT2D eigenvalue weighted by Gasteiger charge is -2.17. The van der Waals surface area contributed by atoms with E-state index in [4.69, 9.17) is 10.00 Å². The van der Waals surface area contributed by atoms with Crippen molar-refractivity contribution < 1.29 is 4.74 Å². The van der Waals surface area contributed by atoms with E-state index < -0.39 is 0 Å². The fourth-order valence-corrected chi connectivity index (χ4v) is 1.63. The zero-order valence-corrected chi connectivity index (χ0v) is 10.0. The standard InChI is InChI=1S/C13H18N2O/c1-10(2)15-13(8-14)12-7-5-4-6-11(12)9-16-3/h4-7,10,13,15H,9H2,1-3H3. The van der Waals surface area contributed by atoms with Crippen LogP contribution in [-0.2, 0) is 11.3 Å². The molecule has 1 unspecified atom stereocenters. The van der Waals surface area contributed by atoms with Gasteiger partial charge in [0.25, 0.3) is 0 Å². The minimum atomic E-state index is -0.272. The molecular weight excluding hydrogens is 200 g/mol. The lowest BCUT2D eigenvalue weighted by molar-refractivity contribution is 0.183. The van der Waals surface area contributed by atoms with Crippen LogP contribution in [0.3, 0.4) is 0 Å². The minimum Gasteiger partial charge on any atom is -0.380 e. The zero-order valence-electron chi connectivity index (χ0n) is 10.0. The van der Waals surface area contributed by atoms with Gasteiger partial charge in [0.05, 0.1) is 12.7 Å². The minimum absolute atomic E-state index is 0.272. The van der Waals surface area contributed by atoms with Crippen LogP contribution in [0.2, 0.25) is 0 Å². The molecule has 0 amide bonds. The number of hydrogen-bond donors (Lipinski definition) is 1. The van der Waals surface area contributed by atoms with Crippen LogP contribution in [0.1, 0.15) is 31.0 Å². The summed E-state index contributed by atoms with van der Waals surface area (Å²) in [5.41, 5.74) is 2.06. The molecule has 0 bridgehead atoms. The Labute approximate surface area is 97.0 Å². The van der Waals surface area contributed by atoms with Crippen molar-refractivity contribution in [3.63, 3.8) is 0 Å². The summed E-state index contributed by atoms with van der Waals surface area (Å²) in [6.45, 7) is 4.60. The predicted octanol–water partition coefficient (Wildman–Crippen LogP) is 2.40. The molecule has 0 saturated carbocycles. The molecule has 0 fully saturated rings. The summed E-state index contributed by atoms with van der Waals surface area (Å²) in [4.78, 5) is 0. The third-order valence-corrected chi connectivity index (χ3v) is 2.30. The van der Waals surface area contributed by atoms with Gasteiger partial charge in [0.15, 0.2) is 0 Å². The highest BCUT2D eigenvalue weighted by Gasteiger charge is 2.14. The fourth-order valence-electron chi connectivity index (χ4n) is 1.63. The number of nitrogens with zero attached hydrogens (tertiary/aromatic N) is 1. The average molecular weight is 218 g/mol. The topological polar surface area (TPSA) is 45.0 Å². The number of methoxy groups -OCH3 is 1. The molecule has 0 saturated heterocycles. The molecule has 1 rings (SSSR count). The molecule has 1 atom stereocenters. The maximum atomic E-state index is 9.17. The van der Waals surface area contributed by atoms with Gasteiger partial charge < -0.3 is 4.74 Å². The molecule has 86 valence electrons. The Morgan fingerprint density at radius 2 is 2.06 bits per heavy atom. The summed E-state index contributed by atoms with van der Waals surface area (Å²) in [6.07, 6.45) is 0. The van der Waals surface area contributed by atoms with Crippen LogP contribution >= 0.6 is 0 Å². The highest BCUT2D eigenvalue weighted by atomic mass is 16.5. The smallest absolute Gasteiger partial charge is 0.121 e. The van der Waals surface area contributed by atoms with Crippen molar-refractivity contribution in [2.45, 2.75) is 32.5 Å². The number of rotatable bonds is 5. The predicted molar refractivity (Wildman–Crippen MR) is 63.8 cm³/mol. The van der Waals surface area contributed by atoms with E-state index >= 15 is 0 Å². The van der Waals surface area contributed by atoms with Gasteiger partial charge >= 0.3 is 0 Å². The van der Waals surface area contributed by atoms with E-state index in [2.05, 4.69) is 11.4 Å². The normalized spacial score (nSPS) is 12.4. The van der Waals surface area contributed by atoms with Gasteiger partial charge in [-0.3, -0.25) is 5.32 Å². The molecule has 1 aromatic rings. The lowest BCUT2D eigenvalue weighted by Crippen LogP contribution is -2.27. The second-order valence-electron chi connectivity index (χ2n) is 4.02. The summed E-state index contributed by atoms with van der Waals surface area (Å²) >= 11 is 0. The first-order valence-electron chi connectivity index (χ1n) is 5.41. The second-order valence-corrected chi connectivity index (χ2v) is 4.02. The SMILES string of the molecule is COCc1ccccc1C(C#N)NC(C)C. The quantitative estimate of drug-likeness (QED) is 0.825. The Bertz CT molecular complexity index is 368. The molecular formula is C13H18N2O. The van der Waals surface area contributed by atoms with Crippen LogP contribution in [-0.4, -0.2) is 13.2 Å². The summed E-state index contributed by atoms with van der Waals surface area (Å²) in [5, 5.41) is 12.4. The number of hydrogen-bond acceptors (Lipinski definition) is 3. The molecule has 0 aliphatic carbocycles. The number of ether oxygens (including phenoxy) is 1. The molecule has 1 N–H and O–H groups in total. The first-order chi connectivity index (χ1) is 7.69. The third-order valence-electron chi connectivity index (χ3n) is 2.30. The van der Waals surface area contributed by atoms with Crippen LogP contribution < -0.4 is 5.32 Å². The Kier molecular flexibility index (Phi) is 4.97. The molecule has 0 heterocycles. The van der Waals surface area contributed by atoms with E-state index in [9.17, 15) is 0 Å². The molecule has 0 aliphatic heterocycles. The summed E-state index contributed by atoms with van der Waals surface area (Å²) in [7, 11) is 1.66. The average Bonchev–Trinajstić information content (AvgIpc) is 2.27. The first-order valence-corrected chi connectivity index (χ1v) is 5.41. The fraction of sp³-hybridized carbons (Fsp3) is 0.462. The monoisotopic (exact) mass is 218 g/mol. The van der Waals surface area contributed by atoms with Gasteiger partial charge in [0, 0.05) is 13.2 Å². The van der Waals surface area contributed by atoms with E-state index in [1.165, 1.54) is 0 Å². The Hall–Kier alpha value is -1.37. The third kappa shape index (κ3) is 3.34. The highest BCUT2D eigenvalue weighted by Crippen LogP contribution is 2.18. The van der Waals surface area contributed by atoms with Crippen LogP contribution in [0.5, 0.6) is 0 Å². The van der Waals surface area contributed by atoms with Crippen LogP contribution in [0, 0.1) is 11.3 Å². The second kappa shape index (κ2) is 6.26. The summed E-state index contributed by atoms with van der Waals surface area (Å²) in [5.74, 6) is 0. The number of benzene rings is 1. The van der Waals surface area contributed by atoms with Gasteiger partial charge in [-0.1, -0.05) is 24.3 Å². The van der Waals surface area contributed by atoms with E-state index in [0.29, 0.717) is 6.61 Å². The van der Waals surface area contributed by atoms with Crippen molar-refractivity contribution in [3.8, 4) is 6.07 Å². The van der Waals surface area contributed by atoms with Crippen molar-refractivity contribution >= 4 is 0 Å². The lowest BCUT2D eigenvalue weighted by atomic mass is 10.0. The van der Waals surface area contributed by atoms with Gasteiger partial charge in [0.1, 0.15) is 6.04 Å². The molecule has 0 spiro atoms. The molecule has 3 nitrogen and oxygen atoms in total. The van der Waals surface area contributed by atoms with Gasteiger partial charge in [-0.25, -0.2) is 0 Å². The molecule has 16 heavy (non-hydrogen) atoms. The summed E-state index contributed by atoms with van der Waals surface area (Å²) in [6, 6.07) is 10.2. The number of nitriles is 1. The van der Waals surface area contributed by atoms with Crippen molar-refractivity contribution in [3.05, 3.63) is 35.4 Å². The largest absolute Gasteiger partial charge is 0.380 e. The Balaban J connectivity index is 2.95. The zero-order chi connectivity index (χ0) is 12.0. The van der Waals surface area contributed by atoms with Gasteiger partial charge in [-0.2, -0.15) is 5.26 Å². The maximum absolute atomic E-state index is 9.17.